The van der Waals surface area contributed by atoms with Gasteiger partial charge in [-0.05, 0) is 62.6 Å². The minimum atomic E-state index is -0.560. The smallest absolute Gasteiger partial charge is 0.252 e. The first-order valence-corrected chi connectivity index (χ1v) is 12.1. The molecule has 1 aliphatic carbocycles. The molecule has 1 saturated carbocycles. The largest absolute Gasteiger partial charge is 0.497 e. The Morgan fingerprint density at radius 3 is 2.28 bits per heavy atom. The van der Waals surface area contributed by atoms with Crippen LogP contribution in [0.2, 0.25) is 0 Å². The fraction of sp³-hybridized carbons (Fsp3) is 0.640. The second-order valence-electron chi connectivity index (χ2n) is 9.36. The Bertz CT molecular complexity index is 822. The van der Waals surface area contributed by atoms with Crippen molar-refractivity contribution in [1.82, 2.24) is 15.1 Å². The third kappa shape index (κ3) is 5.08. The number of likely N-dealkylation sites (tertiary alicyclic amines) is 2. The molecule has 1 atom stereocenters. The zero-order valence-corrected chi connectivity index (χ0v) is 19.1. The van der Waals surface area contributed by atoms with Gasteiger partial charge in [-0.25, -0.2) is 0 Å². The number of methoxy groups -OCH3 is 1. The van der Waals surface area contributed by atoms with Crippen LogP contribution in [0.15, 0.2) is 24.3 Å². The number of piperidine rings is 1. The Balaban J connectivity index is 1.44. The van der Waals surface area contributed by atoms with Gasteiger partial charge < -0.3 is 19.9 Å². The number of hydrogen-bond donors (Lipinski definition) is 1. The predicted molar refractivity (Wildman–Crippen MR) is 121 cm³/mol. The SMILES string of the molecule is COc1cccc(C(=O)N[C@@H](C(=O)N2CCCC2)C2CCN(C(=O)C3CCCC3)CC2)c1. The van der Waals surface area contributed by atoms with Crippen LogP contribution in [0.1, 0.15) is 61.7 Å². The van der Waals surface area contributed by atoms with Gasteiger partial charge in [-0.2, -0.15) is 0 Å². The van der Waals surface area contributed by atoms with Gasteiger partial charge in [0.2, 0.25) is 11.8 Å². The molecule has 3 fully saturated rings. The molecular formula is C25H35N3O4. The molecule has 1 aromatic rings. The molecule has 0 aromatic heterocycles. The van der Waals surface area contributed by atoms with E-state index in [0.29, 0.717) is 24.4 Å². The second kappa shape index (κ2) is 10.4. The van der Waals surface area contributed by atoms with Crippen LogP contribution in [0.25, 0.3) is 0 Å². The van der Waals surface area contributed by atoms with Crippen molar-refractivity contribution < 1.29 is 19.1 Å². The molecule has 2 saturated heterocycles. The lowest BCUT2D eigenvalue weighted by atomic mass is 9.87. The maximum absolute atomic E-state index is 13.4. The van der Waals surface area contributed by atoms with Gasteiger partial charge in [0.25, 0.3) is 5.91 Å². The number of amides is 3. The summed E-state index contributed by atoms with van der Waals surface area (Å²) >= 11 is 0. The van der Waals surface area contributed by atoms with Crippen molar-refractivity contribution in [2.45, 2.75) is 57.4 Å². The Morgan fingerprint density at radius 2 is 1.62 bits per heavy atom. The molecule has 3 amide bonds. The van der Waals surface area contributed by atoms with Crippen molar-refractivity contribution in [1.29, 1.82) is 0 Å². The molecule has 2 heterocycles. The molecule has 0 radical (unpaired) electrons. The predicted octanol–water partition coefficient (Wildman–Crippen LogP) is 2.84. The highest BCUT2D eigenvalue weighted by Crippen LogP contribution is 2.30. The second-order valence-corrected chi connectivity index (χ2v) is 9.36. The van der Waals surface area contributed by atoms with Gasteiger partial charge in [0, 0.05) is 37.7 Å². The number of benzene rings is 1. The van der Waals surface area contributed by atoms with Gasteiger partial charge in [0.15, 0.2) is 0 Å². The van der Waals surface area contributed by atoms with E-state index in [1.165, 1.54) is 0 Å². The lowest BCUT2D eigenvalue weighted by Gasteiger charge is -2.38. The van der Waals surface area contributed by atoms with Crippen molar-refractivity contribution in [2.75, 3.05) is 33.3 Å². The number of carbonyl (C=O) groups is 3. The van der Waals surface area contributed by atoms with Crippen molar-refractivity contribution in [3.63, 3.8) is 0 Å². The lowest BCUT2D eigenvalue weighted by molar-refractivity contribution is -0.138. The normalized spacial score (nSPS) is 20.9. The fourth-order valence-corrected chi connectivity index (χ4v) is 5.39. The number of nitrogens with zero attached hydrogens (tertiary/aromatic N) is 2. The Morgan fingerprint density at radius 1 is 0.938 bits per heavy atom. The van der Waals surface area contributed by atoms with Crippen LogP contribution >= 0.6 is 0 Å². The van der Waals surface area contributed by atoms with E-state index in [1.807, 2.05) is 9.80 Å². The first kappa shape index (κ1) is 22.6. The summed E-state index contributed by atoms with van der Waals surface area (Å²) in [5.74, 6) is 0.861. The quantitative estimate of drug-likeness (QED) is 0.736. The number of carbonyl (C=O) groups excluding carboxylic acids is 3. The van der Waals surface area contributed by atoms with Crippen molar-refractivity contribution in [3.8, 4) is 5.75 Å². The molecule has 2 aliphatic heterocycles. The van der Waals surface area contributed by atoms with Gasteiger partial charge in [-0.15, -0.1) is 0 Å². The lowest BCUT2D eigenvalue weighted by Crippen LogP contribution is -2.54. The molecule has 7 heteroatoms. The summed E-state index contributed by atoms with van der Waals surface area (Å²) in [5.41, 5.74) is 0.484. The molecule has 4 rings (SSSR count). The molecule has 1 aromatic carbocycles. The van der Waals surface area contributed by atoms with E-state index >= 15 is 0 Å². The highest BCUT2D eigenvalue weighted by atomic mass is 16.5. The monoisotopic (exact) mass is 441 g/mol. The van der Waals surface area contributed by atoms with E-state index < -0.39 is 6.04 Å². The Kier molecular flexibility index (Phi) is 7.33. The van der Waals surface area contributed by atoms with E-state index in [0.717, 1.165) is 64.5 Å². The van der Waals surface area contributed by atoms with Gasteiger partial charge in [-0.3, -0.25) is 14.4 Å². The molecule has 32 heavy (non-hydrogen) atoms. The number of hydrogen-bond acceptors (Lipinski definition) is 4. The summed E-state index contributed by atoms with van der Waals surface area (Å²) in [6.45, 7) is 2.84. The zero-order valence-electron chi connectivity index (χ0n) is 19.1. The third-order valence-electron chi connectivity index (χ3n) is 7.33. The molecule has 1 N–H and O–H groups in total. The zero-order chi connectivity index (χ0) is 22.5. The standard InChI is InChI=1S/C25H35N3O4/c1-32-21-10-6-9-20(17-21)23(29)26-22(25(31)27-13-4-5-14-27)18-11-15-28(16-12-18)24(30)19-7-2-3-8-19/h6,9-10,17-19,22H,2-5,7-8,11-16H2,1H3,(H,26,29)/t22-/m1/s1. The van der Waals surface area contributed by atoms with Crippen molar-refractivity contribution in [3.05, 3.63) is 29.8 Å². The maximum Gasteiger partial charge on any atom is 0.252 e. The highest BCUT2D eigenvalue weighted by Gasteiger charge is 2.38. The van der Waals surface area contributed by atoms with E-state index in [2.05, 4.69) is 5.32 Å². The molecule has 0 spiro atoms. The summed E-state index contributed by atoms with van der Waals surface area (Å²) < 4.78 is 5.24. The van der Waals surface area contributed by atoms with Crippen LogP contribution in [-0.2, 0) is 9.59 Å². The third-order valence-corrected chi connectivity index (χ3v) is 7.33. The first-order valence-electron chi connectivity index (χ1n) is 12.1. The van der Waals surface area contributed by atoms with E-state index in [1.54, 1.807) is 31.4 Å². The molecule has 7 nitrogen and oxygen atoms in total. The summed E-state index contributed by atoms with van der Waals surface area (Å²) in [7, 11) is 1.57. The minimum Gasteiger partial charge on any atom is -0.497 e. The fourth-order valence-electron chi connectivity index (χ4n) is 5.39. The van der Waals surface area contributed by atoms with Crippen LogP contribution in [-0.4, -0.2) is 66.9 Å². The molecule has 0 bridgehead atoms. The van der Waals surface area contributed by atoms with E-state index in [-0.39, 0.29) is 29.6 Å². The van der Waals surface area contributed by atoms with Crippen LogP contribution in [0.4, 0.5) is 0 Å². The first-order chi connectivity index (χ1) is 15.6. The molecule has 3 aliphatic rings. The highest BCUT2D eigenvalue weighted by molar-refractivity contribution is 5.98. The average Bonchev–Trinajstić information content (AvgIpc) is 3.56. The number of ether oxygens (including phenoxy) is 1. The number of nitrogens with one attached hydrogen (secondary N) is 1. The molecule has 174 valence electrons. The van der Waals surface area contributed by atoms with Gasteiger partial charge in [0.05, 0.1) is 7.11 Å². The maximum atomic E-state index is 13.4. The molecule has 0 unspecified atom stereocenters. The van der Waals surface area contributed by atoms with Crippen molar-refractivity contribution in [2.24, 2.45) is 11.8 Å². The Labute approximate surface area is 190 Å². The van der Waals surface area contributed by atoms with Crippen LogP contribution in [0.3, 0.4) is 0 Å². The van der Waals surface area contributed by atoms with Crippen molar-refractivity contribution >= 4 is 17.7 Å². The summed E-state index contributed by atoms with van der Waals surface area (Å²) in [6.07, 6.45) is 7.80. The minimum absolute atomic E-state index is 0.0133. The van der Waals surface area contributed by atoms with E-state index in [9.17, 15) is 14.4 Å². The molecular weight excluding hydrogens is 406 g/mol. The Hall–Kier alpha value is -2.57. The topological polar surface area (TPSA) is 79.0 Å². The number of rotatable bonds is 6. The summed E-state index contributed by atoms with van der Waals surface area (Å²) in [4.78, 5) is 43.1. The summed E-state index contributed by atoms with van der Waals surface area (Å²) in [5, 5.41) is 3.04. The van der Waals surface area contributed by atoms with Crippen LogP contribution in [0, 0.1) is 11.8 Å². The van der Waals surface area contributed by atoms with Crippen LogP contribution in [0.5, 0.6) is 5.75 Å². The van der Waals surface area contributed by atoms with Crippen LogP contribution < -0.4 is 10.1 Å². The summed E-state index contributed by atoms with van der Waals surface area (Å²) in [6, 6.07) is 6.43. The van der Waals surface area contributed by atoms with E-state index in [4.69, 9.17) is 4.74 Å². The van der Waals surface area contributed by atoms with Gasteiger partial charge in [-0.1, -0.05) is 18.9 Å². The average molecular weight is 442 g/mol. The van der Waals surface area contributed by atoms with Gasteiger partial charge >= 0.3 is 0 Å². The van der Waals surface area contributed by atoms with Gasteiger partial charge in [0.1, 0.15) is 11.8 Å².